The monoisotopic (exact) mass is 1080 g/mol. The van der Waals surface area contributed by atoms with E-state index in [0.717, 1.165) is 44.9 Å². The highest BCUT2D eigenvalue weighted by Gasteiger charge is 2.18. The second-order valence-electron chi connectivity index (χ2n) is 23.9. The molecule has 0 rings (SSSR count). The predicted octanol–water partition coefficient (Wildman–Crippen LogP) is 22.3. The molecule has 0 aliphatic carbocycles. The van der Waals surface area contributed by atoms with Crippen LogP contribution in [0.15, 0.2) is 36.5 Å². The van der Waals surface area contributed by atoms with Gasteiger partial charge in [-0.2, -0.15) is 0 Å². The lowest BCUT2D eigenvalue weighted by Gasteiger charge is -2.20. The smallest absolute Gasteiger partial charge is 0.305 e. The van der Waals surface area contributed by atoms with Crippen LogP contribution in [0, 0.1) is 0 Å². The van der Waals surface area contributed by atoms with E-state index in [1.807, 2.05) is 6.08 Å². The maximum Gasteiger partial charge on any atom is 0.305 e. The molecule has 0 fully saturated rings. The zero-order chi connectivity index (χ0) is 55.7. The molecule has 0 aromatic rings. The van der Waals surface area contributed by atoms with Crippen molar-refractivity contribution >= 4 is 11.9 Å². The SMILES string of the molecule is CCCCCCCC/C=C\CCCCCCCC(=O)OCCCCCCCCCCCCCC/C=C\CCCCCCCCCCCCCC(=O)NC(CO)C(O)/C=C/CCCCCCCCCCCCCCCCCC. The number of rotatable bonds is 65. The van der Waals surface area contributed by atoms with Crippen LogP contribution in [0.25, 0.3) is 0 Å². The number of unbranched alkanes of at least 4 members (excludes halogenated alkanes) is 50. The molecule has 6 nitrogen and oxygen atoms in total. The van der Waals surface area contributed by atoms with E-state index in [2.05, 4.69) is 43.5 Å². The third kappa shape index (κ3) is 63.1. The number of aliphatic hydroxyl groups excluding tert-OH is 2. The fourth-order valence-corrected chi connectivity index (χ4v) is 10.8. The number of ether oxygens (including phenoxy) is 1. The lowest BCUT2D eigenvalue weighted by Crippen LogP contribution is -2.45. The first kappa shape index (κ1) is 75.1. The number of nitrogens with one attached hydrogen (secondary N) is 1. The van der Waals surface area contributed by atoms with E-state index in [-0.39, 0.29) is 18.5 Å². The molecule has 3 N–H and O–H groups in total. The third-order valence-corrected chi connectivity index (χ3v) is 16.1. The average Bonchev–Trinajstić information content (AvgIpc) is 3.43. The van der Waals surface area contributed by atoms with Gasteiger partial charge in [0.1, 0.15) is 0 Å². The summed E-state index contributed by atoms with van der Waals surface area (Å²) < 4.78 is 5.49. The van der Waals surface area contributed by atoms with Crippen LogP contribution in [0.2, 0.25) is 0 Å². The number of aliphatic hydroxyl groups is 2. The molecule has 0 aliphatic heterocycles. The maximum atomic E-state index is 12.5. The normalized spacial score (nSPS) is 12.7. The van der Waals surface area contributed by atoms with Gasteiger partial charge in [-0.1, -0.05) is 320 Å². The molecule has 77 heavy (non-hydrogen) atoms. The fourth-order valence-electron chi connectivity index (χ4n) is 10.8. The van der Waals surface area contributed by atoms with Crippen LogP contribution in [0.3, 0.4) is 0 Å². The van der Waals surface area contributed by atoms with Crippen molar-refractivity contribution in [2.45, 2.75) is 392 Å². The van der Waals surface area contributed by atoms with Crippen molar-refractivity contribution in [1.29, 1.82) is 0 Å². The van der Waals surface area contributed by atoms with Crippen molar-refractivity contribution in [2.24, 2.45) is 0 Å². The van der Waals surface area contributed by atoms with Crippen molar-refractivity contribution in [3.8, 4) is 0 Å². The molecule has 0 radical (unpaired) electrons. The van der Waals surface area contributed by atoms with Crippen LogP contribution < -0.4 is 5.32 Å². The van der Waals surface area contributed by atoms with Crippen molar-refractivity contribution in [2.75, 3.05) is 13.2 Å². The third-order valence-electron chi connectivity index (χ3n) is 16.1. The van der Waals surface area contributed by atoms with Crippen molar-refractivity contribution < 1.29 is 24.5 Å². The van der Waals surface area contributed by atoms with Crippen molar-refractivity contribution in [3.63, 3.8) is 0 Å². The van der Waals surface area contributed by atoms with Gasteiger partial charge < -0.3 is 20.3 Å². The minimum atomic E-state index is -0.846. The maximum absolute atomic E-state index is 12.5. The Kier molecular flexibility index (Phi) is 64.9. The molecule has 1 amide bonds. The first-order valence-corrected chi connectivity index (χ1v) is 34.8. The first-order chi connectivity index (χ1) is 38.0. The fraction of sp³-hybridized carbons (Fsp3) is 0.887. The Morgan fingerprint density at radius 1 is 0.351 bits per heavy atom. The molecule has 454 valence electrons. The second-order valence-corrected chi connectivity index (χ2v) is 23.9. The van der Waals surface area contributed by atoms with E-state index in [9.17, 15) is 19.8 Å². The zero-order valence-electron chi connectivity index (χ0n) is 52.0. The van der Waals surface area contributed by atoms with Gasteiger partial charge in [-0.15, -0.1) is 0 Å². The number of esters is 1. The highest BCUT2D eigenvalue weighted by Crippen LogP contribution is 2.18. The summed E-state index contributed by atoms with van der Waals surface area (Å²) in [6.45, 7) is 4.92. The Labute approximate surface area is 481 Å². The molecule has 0 aromatic heterocycles. The number of carbonyl (C=O) groups excluding carboxylic acids is 2. The summed E-state index contributed by atoms with van der Waals surface area (Å²) in [7, 11) is 0. The lowest BCUT2D eigenvalue weighted by molar-refractivity contribution is -0.143. The van der Waals surface area contributed by atoms with Crippen molar-refractivity contribution in [1.82, 2.24) is 5.32 Å². The quantitative estimate of drug-likeness (QED) is 0.0320. The van der Waals surface area contributed by atoms with E-state index in [0.29, 0.717) is 19.4 Å². The molecular formula is C71H135NO5. The summed E-state index contributed by atoms with van der Waals surface area (Å²) in [5, 5.41) is 23.2. The van der Waals surface area contributed by atoms with Gasteiger partial charge in [-0.25, -0.2) is 0 Å². The molecule has 0 bridgehead atoms. The van der Waals surface area contributed by atoms with Crippen LogP contribution in [-0.2, 0) is 14.3 Å². The van der Waals surface area contributed by atoms with Crippen LogP contribution in [0.1, 0.15) is 380 Å². The van der Waals surface area contributed by atoms with E-state index < -0.39 is 12.1 Å². The van der Waals surface area contributed by atoms with E-state index in [4.69, 9.17) is 4.74 Å². The van der Waals surface area contributed by atoms with E-state index >= 15 is 0 Å². The molecule has 2 atom stereocenters. The minimum Gasteiger partial charge on any atom is -0.466 e. The number of allylic oxidation sites excluding steroid dienone is 5. The molecule has 0 aromatic carbocycles. The number of hydrogen-bond donors (Lipinski definition) is 3. The van der Waals surface area contributed by atoms with Gasteiger partial charge in [0.05, 0.1) is 25.4 Å². The summed E-state index contributed by atoms with van der Waals surface area (Å²) in [5.74, 6) is -0.0589. The highest BCUT2D eigenvalue weighted by atomic mass is 16.5. The predicted molar refractivity (Wildman–Crippen MR) is 338 cm³/mol. The molecule has 6 heteroatoms. The Morgan fingerprint density at radius 3 is 0.922 bits per heavy atom. The van der Waals surface area contributed by atoms with Gasteiger partial charge in [0.25, 0.3) is 0 Å². The standard InChI is InChI=1S/C71H135NO5/c1-3-5-7-9-11-13-15-17-19-20-32-36-39-43-47-51-55-59-63-69(74)68(67-73)72-70(75)64-60-56-52-48-44-40-37-33-30-28-26-24-22-21-23-25-27-29-31-34-38-42-46-50-54-58-62-66-77-71(76)65-61-57-53-49-45-41-35-18-16-14-12-10-8-6-4-2/h18,21-22,35,59,63,68-69,73-74H,3-17,19-20,23-34,36-58,60-62,64-67H2,1-2H3,(H,72,75)/b22-21-,35-18-,63-59+. The van der Waals surface area contributed by atoms with Gasteiger partial charge in [0.15, 0.2) is 0 Å². The van der Waals surface area contributed by atoms with Gasteiger partial charge in [-0.05, 0) is 83.5 Å². The van der Waals surface area contributed by atoms with Gasteiger partial charge in [0, 0.05) is 12.8 Å². The molecule has 0 aliphatic rings. The number of carbonyl (C=O) groups is 2. The van der Waals surface area contributed by atoms with Crippen molar-refractivity contribution in [3.05, 3.63) is 36.5 Å². The topological polar surface area (TPSA) is 95.9 Å². The Morgan fingerprint density at radius 2 is 0.610 bits per heavy atom. The second kappa shape index (κ2) is 66.6. The summed E-state index contributed by atoms with van der Waals surface area (Å²) in [4.78, 5) is 24.6. The minimum absolute atomic E-state index is 0.00715. The molecule has 0 saturated carbocycles. The molecule has 0 saturated heterocycles. The lowest BCUT2D eigenvalue weighted by atomic mass is 10.0. The number of hydrogen-bond acceptors (Lipinski definition) is 5. The molecule has 2 unspecified atom stereocenters. The Balaban J connectivity index is 3.41. The average molecular weight is 1080 g/mol. The molecular weight excluding hydrogens is 947 g/mol. The van der Waals surface area contributed by atoms with Gasteiger partial charge in [0.2, 0.25) is 5.91 Å². The Hall–Kier alpha value is -1.92. The summed E-state index contributed by atoms with van der Waals surface area (Å²) in [5.41, 5.74) is 0. The molecule has 0 spiro atoms. The van der Waals surface area contributed by atoms with Crippen LogP contribution in [-0.4, -0.2) is 47.4 Å². The van der Waals surface area contributed by atoms with Gasteiger partial charge >= 0.3 is 5.97 Å². The van der Waals surface area contributed by atoms with E-state index in [1.165, 1.54) is 308 Å². The largest absolute Gasteiger partial charge is 0.466 e. The van der Waals surface area contributed by atoms with Crippen LogP contribution in [0.5, 0.6) is 0 Å². The molecule has 0 heterocycles. The highest BCUT2D eigenvalue weighted by molar-refractivity contribution is 5.76. The zero-order valence-corrected chi connectivity index (χ0v) is 52.0. The first-order valence-electron chi connectivity index (χ1n) is 34.8. The number of amides is 1. The summed E-state index contributed by atoms with van der Waals surface area (Å²) in [6, 6.07) is -0.629. The van der Waals surface area contributed by atoms with E-state index in [1.54, 1.807) is 6.08 Å². The summed E-state index contributed by atoms with van der Waals surface area (Å²) >= 11 is 0. The Bertz CT molecular complexity index is 1250. The van der Waals surface area contributed by atoms with Crippen LogP contribution >= 0.6 is 0 Å². The summed E-state index contributed by atoms with van der Waals surface area (Å²) in [6.07, 6.45) is 85.0. The van der Waals surface area contributed by atoms with Crippen LogP contribution in [0.4, 0.5) is 0 Å². The van der Waals surface area contributed by atoms with Gasteiger partial charge in [-0.3, -0.25) is 9.59 Å².